The lowest BCUT2D eigenvalue weighted by Crippen LogP contribution is -2.23. The van der Waals surface area contributed by atoms with E-state index in [4.69, 9.17) is 11.6 Å². The Balaban J connectivity index is 1.98. The first-order valence-corrected chi connectivity index (χ1v) is 7.58. The molecule has 25 heavy (non-hydrogen) atoms. The number of hydrogen-bond acceptors (Lipinski definition) is 4. The van der Waals surface area contributed by atoms with E-state index in [1.54, 1.807) is 24.3 Å². The van der Waals surface area contributed by atoms with Crippen LogP contribution in [0.4, 0.5) is 5.69 Å². The van der Waals surface area contributed by atoms with E-state index in [9.17, 15) is 19.7 Å². The van der Waals surface area contributed by atoms with Crippen LogP contribution in [0.15, 0.2) is 42.5 Å². The van der Waals surface area contributed by atoms with E-state index in [2.05, 4.69) is 17.2 Å². The molecule has 2 aromatic rings. The van der Waals surface area contributed by atoms with Crippen LogP contribution in [0.1, 0.15) is 33.2 Å². The maximum absolute atomic E-state index is 12.0. The topological polar surface area (TPSA) is 89.3 Å². The zero-order valence-electron chi connectivity index (χ0n) is 13.2. The van der Waals surface area contributed by atoms with Crippen LogP contribution in [0.3, 0.4) is 0 Å². The Morgan fingerprint density at radius 1 is 1.16 bits per heavy atom. The van der Waals surface area contributed by atoms with Crippen molar-refractivity contribution in [2.75, 3.05) is 6.54 Å². The Morgan fingerprint density at radius 3 is 2.40 bits per heavy atom. The number of nitrogens with zero attached hydrogens (tertiary/aromatic N) is 1. The Morgan fingerprint density at radius 2 is 1.80 bits per heavy atom. The van der Waals surface area contributed by atoms with Gasteiger partial charge in [-0.2, -0.15) is 0 Å². The van der Waals surface area contributed by atoms with E-state index in [0.717, 1.165) is 6.07 Å². The summed E-state index contributed by atoms with van der Waals surface area (Å²) in [5.41, 5.74) is 1.11. The van der Waals surface area contributed by atoms with Gasteiger partial charge in [0.25, 0.3) is 11.6 Å². The van der Waals surface area contributed by atoms with Crippen LogP contribution in [-0.4, -0.2) is 23.2 Å². The zero-order chi connectivity index (χ0) is 18.4. The predicted octanol–water partition coefficient (Wildman–Crippen LogP) is 3.23. The van der Waals surface area contributed by atoms with Gasteiger partial charge in [-0.15, -0.1) is 0 Å². The fourth-order valence-electron chi connectivity index (χ4n) is 1.95. The summed E-state index contributed by atoms with van der Waals surface area (Å²) in [4.78, 5) is 33.3. The van der Waals surface area contributed by atoms with Crippen LogP contribution >= 0.6 is 11.6 Å². The van der Waals surface area contributed by atoms with E-state index in [1.165, 1.54) is 19.1 Å². The molecule has 6 nitrogen and oxygen atoms in total. The van der Waals surface area contributed by atoms with E-state index in [0.29, 0.717) is 11.1 Å². The number of amides is 1. The molecular formula is C18H13ClN2O4. The summed E-state index contributed by atoms with van der Waals surface area (Å²) < 4.78 is 0. The Kier molecular flexibility index (Phi) is 5.88. The molecule has 0 unspecified atom stereocenters. The molecule has 0 aliphatic rings. The van der Waals surface area contributed by atoms with Crippen molar-refractivity contribution in [2.45, 2.75) is 6.92 Å². The molecule has 0 saturated carbocycles. The fourth-order valence-corrected chi connectivity index (χ4v) is 2.14. The van der Waals surface area contributed by atoms with Crippen molar-refractivity contribution >= 4 is 29.0 Å². The molecule has 7 heteroatoms. The summed E-state index contributed by atoms with van der Waals surface area (Å²) in [5, 5.41) is 13.3. The first-order valence-electron chi connectivity index (χ1n) is 7.20. The highest BCUT2D eigenvalue weighted by atomic mass is 35.5. The van der Waals surface area contributed by atoms with Crippen molar-refractivity contribution in [3.05, 3.63) is 74.3 Å². The van der Waals surface area contributed by atoms with Gasteiger partial charge >= 0.3 is 0 Å². The molecule has 0 aliphatic carbocycles. The van der Waals surface area contributed by atoms with E-state index in [1.807, 2.05) is 0 Å². The summed E-state index contributed by atoms with van der Waals surface area (Å²) in [6.07, 6.45) is 0. The molecular weight excluding hydrogens is 344 g/mol. The summed E-state index contributed by atoms with van der Waals surface area (Å²) in [7, 11) is 0. The molecule has 0 aromatic heterocycles. The third-order valence-corrected chi connectivity index (χ3v) is 3.59. The Hall–Kier alpha value is -3.17. The van der Waals surface area contributed by atoms with E-state index < -0.39 is 10.8 Å². The number of rotatable bonds is 4. The number of ketones is 1. The quantitative estimate of drug-likeness (QED) is 0.394. The van der Waals surface area contributed by atoms with Crippen molar-refractivity contribution in [1.82, 2.24) is 5.32 Å². The molecule has 1 N–H and O–H groups in total. The van der Waals surface area contributed by atoms with Gasteiger partial charge < -0.3 is 5.32 Å². The van der Waals surface area contributed by atoms with Gasteiger partial charge in [-0.1, -0.05) is 35.6 Å². The van der Waals surface area contributed by atoms with Gasteiger partial charge in [-0.3, -0.25) is 19.7 Å². The monoisotopic (exact) mass is 356 g/mol. The van der Waals surface area contributed by atoms with Crippen LogP contribution in [0.2, 0.25) is 5.02 Å². The smallest absolute Gasteiger partial charge is 0.288 e. The number of hydrogen-bond donors (Lipinski definition) is 1. The highest BCUT2D eigenvalue weighted by Gasteiger charge is 2.15. The van der Waals surface area contributed by atoms with Gasteiger partial charge in [0.1, 0.15) is 5.02 Å². The van der Waals surface area contributed by atoms with Crippen molar-refractivity contribution in [1.29, 1.82) is 0 Å². The largest absolute Gasteiger partial charge is 0.341 e. The predicted molar refractivity (Wildman–Crippen MR) is 93.8 cm³/mol. The maximum atomic E-state index is 12.0. The van der Waals surface area contributed by atoms with Gasteiger partial charge in [0.2, 0.25) is 0 Å². The second-order valence-electron chi connectivity index (χ2n) is 5.04. The molecule has 0 saturated heterocycles. The number of nitro groups is 1. The average molecular weight is 357 g/mol. The Labute approximate surface area is 149 Å². The lowest BCUT2D eigenvalue weighted by atomic mass is 10.1. The summed E-state index contributed by atoms with van der Waals surface area (Å²) in [6, 6.07) is 10.6. The van der Waals surface area contributed by atoms with Crippen LogP contribution in [0.25, 0.3) is 0 Å². The minimum atomic E-state index is -0.649. The van der Waals surface area contributed by atoms with Crippen molar-refractivity contribution < 1.29 is 14.5 Å². The first kappa shape index (κ1) is 18.2. The van der Waals surface area contributed by atoms with Crippen molar-refractivity contribution in [2.24, 2.45) is 0 Å². The van der Waals surface area contributed by atoms with E-state index >= 15 is 0 Å². The van der Waals surface area contributed by atoms with Crippen molar-refractivity contribution in [3.8, 4) is 11.8 Å². The maximum Gasteiger partial charge on any atom is 0.288 e. The first-order chi connectivity index (χ1) is 11.9. The van der Waals surface area contributed by atoms with Gasteiger partial charge in [-0.25, -0.2) is 0 Å². The van der Waals surface area contributed by atoms with Gasteiger partial charge in [0.05, 0.1) is 11.5 Å². The molecule has 0 bridgehead atoms. The third-order valence-electron chi connectivity index (χ3n) is 3.27. The number of nitro benzene ring substituents is 1. The van der Waals surface area contributed by atoms with Crippen LogP contribution < -0.4 is 5.32 Å². The minimum Gasteiger partial charge on any atom is -0.341 e. The van der Waals surface area contributed by atoms with Crippen LogP contribution in [0.5, 0.6) is 0 Å². The molecule has 126 valence electrons. The lowest BCUT2D eigenvalue weighted by Gasteiger charge is -2.02. The highest BCUT2D eigenvalue weighted by Crippen LogP contribution is 2.24. The van der Waals surface area contributed by atoms with Gasteiger partial charge in [0, 0.05) is 22.8 Å². The van der Waals surface area contributed by atoms with Gasteiger partial charge in [-0.05, 0) is 31.2 Å². The summed E-state index contributed by atoms with van der Waals surface area (Å²) in [5.74, 6) is 5.11. The van der Waals surface area contributed by atoms with Crippen LogP contribution in [0, 0.1) is 22.0 Å². The number of carbonyl (C=O) groups is 2. The van der Waals surface area contributed by atoms with Gasteiger partial charge in [0.15, 0.2) is 5.78 Å². The summed E-state index contributed by atoms with van der Waals surface area (Å²) in [6.45, 7) is 1.56. The minimum absolute atomic E-state index is 0.0242. The average Bonchev–Trinajstić information content (AvgIpc) is 2.59. The highest BCUT2D eigenvalue weighted by molar-refractivity contribution is 6.32. The Bertz CT molecular complexity index is 896. The molecule has 2 rings (SSSR count). The molecule has 2 aromatic carbocycles. The molecule has 0 radical (unpaired) electrons. The number of benzene rings is 2. The molecule has 0 aliphatic heterocycles. The normalized spacial score (nSPS) is 9.68. The number of nitrogens with one attached hydrogen (secondary N) is 1. The molecule has 0 spiro atoms. The third kappa shape index (κ3) is 4.90. The SMILES string of the molecule is CC(=O)c1ccc(C#CCNC(=O)c2ccc(Cl)c([N+](=O)[O-])c2)cc1. The fraction of sp³-hybridized carbons (Fsp3) is 0.111. The molecule has 0 heterocycles. The summed E-state index contributed by atoms with van der Waals surface area (Å²) >= 11 is 5.70. The molecule has 0 atom stereocenters. The number of Topliss-reactive ketones (excluding diaryl/α,β-unsaturated/α-hetero) is 1. The standard InChI is InChI=1S/C18H13ClN2O4/c1-12(22)14-6-4-13(5-7-14)3-2-10-20-18(23)15-8-9-16(19)17(11-15)21(24)25/h4-9,11H,10H2,1H3,(H,20,23). The lowest BCUT2D eigenvalue weighted by molar-refractivity contribution is -0.384. The second kappa shape index (κ2) is 8.08. The van der Waals surface area contributed by atoms with E-state index in [-0.39, 0.29) is 28.6 Å². The van der Waals surface area contributed by atoms with Crippen LogP contribution in [-0.2, 0) is 0 Å². The second-order valence-corrected chi connectivity index (χ2v) is 5.45. The molecule has 0 fully saturated rings. The number of carbonyl (C=O) groups excluding carboxylic acids is 2. The van der Waals surface area contributed by atoms with Crippen molar-refractivity contribution in [3.63, 3.8) is 0 Å². The number of halogens is 1. The molecule has 1 amide bonds. The zero-order valence-corrected chi connectivity index (χ0v) is 14.0.